The summed E-state index contributed by atoms with van der Waals surface area (Å²) in [7, 11) is 1.81. The Labute approximate surface area is 162 Å². The fourth-order valence-corrected chi connectivity index (χ4v) is 3.98. The first-order valence-corrected chi connectivity index (χ1v) is 10.7. The standard InChI is InChI=1S/C19H31N3O4S/c1-19(2,3)27(23,24)10-8-21-18(20-4)22-9-7-14-11-16(25-5)17(26-6)12-15(14)13-22/h11-12H,7-10,13H2,1-6H3,(H,20,21). The molecule has 0 aliphatic carbocycles. The quantitative estimate of drug-likeness (QED) is 0.603. The van der Waals surface area contributed by atoms with Gasteiger partial charge < -0.3 is 19.7 Å². The highest BCUT2D eigenvalue weighted by molar-refractivity contribution is 7.92. The summed E-state index contributed by atoms with van der Waals surface area (Å²) in [6, 6.07) is 4.02. The summed E-state index contributed by atoms with van der Waals surface area (Å²) in [5, 5.41) is 3.19. The number of nitrogens with zero attached hydrogens (tertiary/aromatic N) is 2. The van der Waals surface area contributed by atoms with Crippen LogP contribution in [0.1, 0.15) is 31.9 Å². The number of guanidine groups is 1. The molecule has 8 heteroatoms. The first-order valence-electron chi connectivity index (χ1n) is 9.04. The van der Waals surface area contributed by atoms with E-state index < -0.39 is 14.6 Å². The number of rotatable bonds is 5. The minimum atomic E-state index is -3.16. The summed E-state index contributed by atoms with van der Waals surface area (Å²) in [4.78, 5) is 6.45. The van der Waals surface area contributed by atoms with Crippen molar-refractivity contribution in [2.24, 2.45) is 4.99 Å². The molecule has 0 unspecified atom stereocenters. The molecule has 7 nitrogen and oxygen atoms in total. The predicted molar refractivity (Wildman–Crippen MR) is 109 cm³/mol. The number of sulfone groups is 1. The van der Waals surface area contributed by atoms with Crippen LogP contribution in [0.5, 0.6) is 11.5 Å². The van der Waals surface area contributed by atoms with E-state index in [1.807, 2.05) is 12.1 Å². The third-order valence-corrected chi connectivity index (χ3v) is 7.42. The lowest BCUT2D eigenvalue weighted by atomic mass is 9.99. The first-order chi connectivity index (χ1) is 12.6. The van der Waals surface area contributed by atoms with Crippen LogP contribution in [0, 0.1) is 0 Å². The lowest BCUT2D eigenvalue weighted by molar-refractivity contribution is 0.346. The molecule has 152 valence electrons. The summed E-state index contributed by atoms with van der Waals surface area (Å²) in [5.41, 5.74) is 2.39. The highest BCUT2D eigenvalue weighted by atomic mass is 32.2. The highest BCUT2D eigenvalue weighted by Crippen LogP contribution is 2.33. The minimum absolute atomic E-state index is 0.0744. The van der Waals surface area contributed by atoms with Crippen molar-refractivity contribution in [1.29, 1.82) is 0 Å². The Morgan fingerprint density at radius 3 is 2.30 bits per heavy atom. The summed E-state index contributed by atoms with van der Waals surface area (Å²) in [5.74, 6) is 2.22. The fraction of sp³-hybridized carbons (Fsp3) is 0.632. The van der Waals surface area contributed by atoms with Crippen molar-refractivity contribution in [3.05, 3.63) is 23.3 Å². The van der Waals surface area contributed by atoms with Gasteiger partial charge in [-0.3, -0.25) is 4.99 Å². The molecule has 1 heterocycles. The van der Waals surface area contributed by atoms with Crippen LogP contribution in [-0.4, -0.2) is 64.1 Å². The number of hydrogen-bond acceptors (Lipinski definition) is 5. The van der Waals surface area contributed by atoms with E-state index in [0.29, 0.717) is 24.8 Å². The van der Waals surface area contributed by atoms with Crippen LogP contribution in [0.3, 0.4) is 0 Å². The van der Waals surface area contributed by atoms with Crippen LogP contribution in [0.4, 0.5) is 0 Å². The van der Waals surface area contributed by atoms with Crippen molar-refractivity contribution >= 4 is 15.8 Å². The Bertz CT molecular complexity index is 798. The van der Waals surface area contributed by atoms with E-state index in [9.17, 15) is 8.42 Å². The van der Waals surface area contributed by atoms with Crippen LogP contribution < -0.4 is 14.8 Å². The summed E-state index contributed by atoms with van der Waals surface area (Å²) >= 11 is 0. The number of nitrogens with one attached hydrogen (secondary N) is 1. The van der Waals surface area contributed by atoms with Crippen molar-refractivity contribution in [3.8, 4) is 11.5 Å². The maximum atomic E-state index is 12.3. The van der Waals surface area contributed by atoms with Crippen LogP contribution >= 0.6 is 0 Å². The van der Waals surface area contributed by atoms with Crippen molar-refractivity contribution in [3.63, 3.8) is 0 Å². The van der Waals surface area contributed by atoms with Gasteiger partial charge in [0.25, 0.3) is 0 Å². The fourth-order valence-electron chi connectivity index (χ4n) is 3.00. The molecule has 1 aliphatic heterocycles. The normalized spacial score (nSPS) is 15.3. The van der Waals surface area contributed by atoms with Gasteiger partial charge in [-0.1, -0.05) is 0 Å². The molecule has 1 N–H and O–H groups in total. The first kappa shape index (κ1) is 21.3. The minimum Gasteiger partial charge on any atom is -0.493 e. The molecule has 0 atom stereocenters. The van der Waals surface area contributed by atoms with Gasteiger partial charge in [0.05, 0.1) is 24.7 Å². The summed E-state index contributed by atoms with van der Waals surface area (Å²) in [6.45, 7) is 6.98. The van der Waals surface area contributed by atoms with E-state index in [1.165, 1.54) is 5.56 Å². The number of fused-ring (bicyclic) bond motifs is 1. The van der Waals surface area contributed by atoms with E-state index in [-0.39, 0.29) is 5.75 Å². The molecule has 2 rings (SSSR count). The zero-order valence-corrected chi connectivity index (χ0v) is 17.9. The van der Waals surface area contributed by atoms with Crippen LogP contribution in [0.2, 0.25) is 0 Å². The van der Waals surface area contributed by atoms with E-state index >= 15 is 0 Å². The van der Waals surface area contributed by atoms with Crippen LogP contribution in [0.15, 0.2) is 17.1 Å². The molecule has 0 radical (unpaired) electrons. The van der Waals surface area contributed by atoms with Gasteiger partial charge in [-0.25, -0.2) is 8.42 Å². The molecule has 0 fully saturated rings. The smallest absolute Gasteiger partial charge is 0.193 e. The molecule has 0 amide bonds. The average Bonchev–Trinajstić information content (AvgIpc) is 2.62. The number of benzene rings is 1. The van der Waals surface area contributed by atoms with Crippen LogP contribution in [0.25, 0.3) is 0 Å². The van der Waals surface area contributed by atoms with Gasteiger partial charge in [0.15, 0.2) is 27.3 Å². The maximum absolute atomic E-state index is 12.3. The molecule has 0 bridgehead atoms. The number of ether oxygens (including phenoxy) is 2. The monoisotopic (exact) mass is 397 g/mol. The zero-order chi connectivity index (χ0) is 20.2. The summed E-state index contributed by atoms with van der Waals surface area (Å²) < 4.78 is 34.6. The molecule has 1 aromatic carbocycles. The number of aliphatic imine (C=N–C) groups is 1. The molecule has 1 aliphatic rings. The Morgan fingerprint density at radius 2 is 1.78 bits per heavy atom. The molecule has 0 saturated heterocycles. The van der Waals surface area contributed by atoms with E-state index in [1.54, 1.807) is 42.0 Å². The van der Waals surface area contributed by atoms with Crippen molar-refractivity contribution in [2.45, 2.75) is 38.5 Å². The van der Waals surface area contributed by atoms with Crippen molar-refractivity contribution < 1.29 is 17.9 Å². The lowest BCUT2D eigenvalue weighted by Gasteiger charge is -2.32. The number of methoxy groups -OCH3 is 2. The second-order valence-electron chi connectivity index (χ2n) is 7.55. The van der Waals surface area contributed by atoms with Gasteiger partial charge in [-0.2, -0.15) is 0 Å². The van der Waals surface area contributed by atoms with Gasteiger partial charge in [0.2, 0.25) is 0 Å². The molecular formula is C19H31N3O4S. The van der Waals surface area contributed by atoms with Gasteiger partial charge in [-0.05, 0) is 50.5 Å². The van der Waals surface area contributed by atoms with E-state index in [0.717, 1.165) is 24.3 Å². The Balaban J connectivity index is 2.06. The largest absolute Gasteiger partial charge is 0.493 e. The Hall–Kier alpha value is -1.96. The topological polar surface area (TPSA) is 80.2 Å². The second-order valence-corrected chi connectivity index (χ2v) is 10.4. The third-order valence-electron chi connectivity index (χ3n) is 4.82. The summed E-state index contributed by atoms with van der Waals surface area (Å²) in [6.07, 6.45) is 0.858. The van der Waals surface area contributed by atoms with E-state index in [4.69, 9.17) is 9.47 Å². The molecule has 1 aromatic rings. The number of hydrogen-bond donors (Lipinski definition) is 1. The lowest BCUT2D eigenvalue weighted by Crippen LogP contribution is -2.46. The van der Waals surface area contributed by atoms with Gasteiger partial charge in [-0.15, -0.1) is 0 Å². The molecule has 0 aromatic heterocycles. The maximum Gasteiger partial charge on any atom is 0.193 e. The SMILES string of the molecule is CN=C(NCCS(=O)(=O)C(C)(C)C)N1CCc2cc(OC)c(OC)cc2C1. The van der Waals surface area contributed by atoms with Crippen molar-refractivity contribution in [1.82, 2.24) is 10.2 Å². The molecule has 27 heavy (non-hydrogen) atoms. The third kappa shape index (κ3) is 4.86. The average molecular weight is 398 g/mol. The van der Waals surface area contributed by atoms with Gasteiger partial charge >= 0.3 is 0 Å². The Morgan fingerprint density at radius 1 is 1.19 bits per heavy atom. The second kappa shape index (κ2) is 8.37. The zero-order valence-electron chi connectivity index (χ0n) is 17.1. The predicted octanol–water partition coefficient (Wildman–Crippen LogP) is 1.85. The van der Waals surface area contributed by atoms with Crippen LogP contribution in [-0.2, 0) is 22.8 Å². The van der Waals surface area contributed by atoms with Gasteiger partial charge in [0, 0.05) is 26.7 Å². The van der Waals surface area contributed by atoms with Gasteiger partial charge in [0.1, 0.15) is 0 Å². The highest BCUT2D eigenvalue weighted by Gasteiger charge is 2.28. The molecule has 0 saturated carbocycles. The van der Waals surface area contributed by atoms with E-state index in [2.05, 4.69) is 15.2 Å². The Kier molecular flexibility index (Phi) is 6.62. The molecular weight excluding hydrogens is 366 g/mol. The molecule has 0 spiro atoms. The van der Waals surface area contributed by atoms with Crippen molar-refractivity contribution in [2.75, 3.05) is 40.1 Å².